The molecule has 1 saturated heterocycles. The number of hydrogen-bond donors (Lipinski definition) is 2. The van der Waals surface area contributed by atoms with Gasteiger partial charge in [0.15, 0.2) is 0 Å². The summed E-state index contributed by atoms with van der Waals surface area (Å²) in [5.41, 5.74) is 2.34. The SMILES string of the molecule is O=C(NCc1ccc(Cl)cc1)Nc1ccc(N2CCOC2=O)cc1. The Bertz CT molecular complexity index is 732. The van der Waals surface area contributed by atoms with E-state index in [1.54, 1.807) is 41.3 Å². The number of amides is 3. The van der Waals surface area contributed by atoms with E-state index in [0.29, 0.717) is 30.4 Å². The molecule has 1 fully saturated rings. The molecule has 24 heavy (non-hydrogen) atoms. The summed E-state index contributed by atoms with van der Waals surface area (Å²) in [4.78, 5) is 25.0. The molecular weight excluding hydrogens is 330 g/mol. The van der Waals surface area contributed by atoms with Crippen LogP contribution in [0.25, 0.3) is 0 Å². The van der Waals surface area contributed by atoms with Crippen LogP contribution in [-0.2, 0) is 11.3 Å². The number of hydrogen-bond acceptors (Lipinski definition) is 3. The predicted octanol–water partition coefficient (Wildman–Crippen LogP) is 3.62. The van der Waals surface area contributed by atoms with Crippen molar-refractivity contribution in [1.29, 1.82) is 0 Å². The normalized spacial score (nSPS) is 13.5. The fraction of sp³-hybridized carbons (Fsp3) is 0.176. The molecule has 1 heterocycles. The minimum atomic E-state index is -0.351. The molecule has 0 aliphatic carbocycles. The number of nitrogens with one attached hydrogen (secondary N) is 2. The van der Waals surface area contributed by atoms with Crippen LogP contribution in [0.3, 0.4) is 0 Å². The van der Waals surface area contributed by atoms with Gasteiger partial charge < -0.3 is 15.4 Å². The number of anilines is 2. The molecule has 7 heteroatoms. The van der Waals surface area contributed by atoms with Gasteiger partial charge in [-0.1, -0.05) is 23.7 Å². The Morgan fingerprint density at radius 2 is 1.83 bits per heavy atom. The zero-order chi connectivity index (χ0) is 16.9. The third kappa shape index (κ3) is 3.97. The summed E-state index contributed by atoms with van der Waals surface area (Å²) in [6.45, 7) is 1.33. The van der Waals surface area contributed by atoms with Gasteiger partial charge in [0.25, 0.3) is 0 Å². The fourth-order valence-electron chi connectivity index (χ4n) is 2.31. The first-order valence-electron chi connectivity index (χ1n) is 7.45. The van der Waals surface area contributed by atoms with Gasteiger partial charge in [0.2, 0.25) is 0 Å². The molecular formula is C17H16ClN3O3. The third-order valence-corrected chi connectivity index (χ3v) is 3.82. The Hall–Kier alpha value is -2.73. The van der Waals surface area contributed by atoms with Crippen molar-refractivity contribution >= 4 is 35.1 Å². The van der Waals surface area contributed by atoms with Crippen molar-refractivity contribution in [2.75, 3.05) is 23.4 Å². The van der Waals surface area contributed by atoms with Crippen LogP contribution in [0.2, 0.25) is 5.02 Å². The Balaban J connectivity index is 1.52. The van der Waals surface area contributed by atoms with Crippen molar-refractivity contribution in [1.82, 2.24) is 5.32 Å². The number of carbonyl (C=O) groups is 2. The van der Waals surface area contributed by atoms with Gasteiger partial charge in [0.05, 0.1) is 6.54 Å². The number of halogens is 1. The molecule has 0 saturated carbocycles. The second-order valence-electron chi connectivity index (χ2n) is 5.25. The Morgan fingerprint density at radius 3 is 2.46 bits per heavy atom. The Morgan fingerprint density at radius 1 is 1.12 bits per heavy atom. The lowest BCUT2D eigenvalue weighted by Gasteiger charge is -2.13. The highest BCUT2D eigenvalue weighted by Crippen LogP contribution is 2.21. The Kier molecular flexibility index (Phi) is 4.86. The summed E-state index contributed by atoms with van der Waals surface area (Å²) >= 11 is 5.82. The molecule has 1 aliphatic heterocycles. The van der Waals surface area contributed by atoms with Crippen molar-refractivity contribution in [3.8, 4) is 0 Å². The third-order valence-electron chi connectivity index (χ3n) is 3.56. The van der Waals surface area contributed by atoms with Crippen LogP contribution in [0.1, 0.15) is 5.56 Å². The largest absolute Gasteiger partial charge is 0.447 e. The fourth-order valence-corrected chi connectivity index (χ4v) is 2.44. The number of nitrogens with zero attached hydrogens (tertiary/aromatic N) is 1. The molecule has 0 unspecified atom stereocenters. The molecule has 3 amide bonds. The number of ether oxygens (including phenoxy) is 1. The first-order chi connectivity index (χ1) is 11.6. The van der Waals surface area contributed by atoms with Crippen molar-refractivity contribution in [2.24, 2.45) is 0 Å². The molecule has 0 bridgehead atoms. The maximum atomic E-state index is 11.9. The number of urea groups is 1. The van der Waals surface area contributed by atoms with Crippen LogP contribution in [0, 0.1) is 0 Å². The summed E-state index contributed by atoms with van der Waals surface area (Å²) < 4.78 is 4.90. The summed E-state index contributed by atoms with van der Waals surface area (Å²) in [5.74, 6) is 0. The quantitative estimate of drug-likeness (QED) is 0.889. The monoisotopic (exact) mass is 345 g/mol. The van der Waals surface area contributed by atoms with Crippen LogP contribution in [0.15, 0.2) is 48.5 Å². The average Bonchev–Trinajstić information content (AvgIpc) is 3.01. The standard InChI is InChI=1S/C17H16ClN3O3/c18-13-3-1-12(2-4-13)11-19-16(22)20-14-5-7-15(8-6-14)21-9-10-24-17(21)23/h1-8H,9-11H2,(H2,19,20,22). The second-order valence-corrected chi connectivity index (χ2v) is 5.68. The van der Waals surface area contributed by atoms with Crippen LogP contribution in [0.5, 0.6) is 0 Å². The van der Waals surface area contributed by atoms with E-state index in [4.69, 9.17) is 16.3 Å². The smallest absolute Gasteiger partial charge is 0.414 e. The van der Waals surface area contributed by atoms with Crippen LogP contribution in [0.4, 0.5) is 21.0 Å². The van der Waals surface area contributed by atoms with E-state index in [1.165, 1.54) is 0 Å². The molecule has 3 rings (SSSR count). The molecule has 6 nitrogen and oxygen atoms in total. The molecule has 0 aromatic heterocycles. The van der Waals surface area contributed by atoms with Gasteiger partial charge in [-0.25, -0.2) is 9.59 Å². The lowest BCUT2D eigenvalue weighted by molar-refractivity contribution is 0.181. The first kappa shape index (κ1) is 16.1. The molecule has 124 valence electrons. The predicted molar refractivity (Wildman–Crippen MR) is 92.4 cm³/mol. The average molecular weight is 346 g/mol. The molecule has 0 atom stereocenters. The van der Waals surface area contributed by atoms with Crippen molar-refractivity contribution in [3.63, 3.8) is 0 Å². The first-order valence-corrected chi connectivity index (χ1v) is 7.83. The highest BCUT2D eigenvalue weighted by molar-refractivity contribution is 6.30. The number of benzene rings is 2. The van der Waals surface area contributed by atoms with E-state index >= 15 is 0 Å². The van der Waals surface area contributed by atoms with Crippen LogP contribution in [-0.4, -0.2) is 25.3 Å². The number of cyclic esters (lactones) is 1. The van der Waals surface area contributed by atoms with E-state index in [-0.39, 0.29) is 12.1 Å². The van der Waals surface area contributed by atoms with Gasteiger partial charge in [0, 0.05) is 22.9 Å². The minimum Gasteiger partial charge on any atom is -0.447 e. The second kappa shape index (κ2) is 7.23. The van der Waals surface area contributed by atoms with Gasteiger partial charge in [-0.2, -0.15) is 0 Å². The minimum absolute atomic E-state index is 0.307. The number of carbonyl (C=O) groups excluding carboxylic acids is 2. The highest BCUT2D eigenvalue weighted by Gasteiger charge is 2.23. The number of rotatable bonds is 4. The molecule has 2 aromatic rings. The molecule has 0 radical (unpaired) electrons. The Labute approximate surface area is 144 Å². The van der Waals surface area contributed by atoms with Gasteiger partial charge in [-0.05, 0) is 42.0 Å². The lowest BCUT2D eigenvalue weighted by atomic mass is 10.2. The van der Waals surface area contributed by atoms with E-state index < -0.39 is 0 Å². The molecule has 2 N–H and O–H groups in total. The topological polar surface area (TPSA) is 70.7 Å². The van der Waals surface area contributed by atoms with Gasteiger partial charge in [-0.15, -0.1) is 0 Å². The van der Waals surface area contributed by atoms with Crippen LogP contribution < -0.4 is 15.5 Å². The molecule has 0 spiro atoms. The van der Waals surface area contributed by atoms with E-state index in [9.17, 15) is 9.59 Å². The molecule has 2 aromatic carbocycles. The van der Waals surface area contributed by atoms with Crippen LogP contribution >= 0.6 is 11.6 Å². The lowest BCUT2D eigenvalue weighted by Crippen LogP contribution is -2.28. The molecule has 1 aliphatic rings. The summed E-state index contributed by atoms with van der Waals surface area (Å²) in [6, 6.07) is 14.0. The van der Waals surface area contributed by atoms with Crippen molar-refractivity contribution < 1.29 is 14.3 Å². The summed E-state index contributed by atoms with van der Waals surface area (Å²) in [5, 5.41) is 6.17. The van der Waals surface area contributed by atoms with Crippen molar-refractivity contribution in [3.05, 3.63) is 59.1 Å². The highest BCUT2D eigenvalue weighted by atomic mass is 35.5. The van der Waals surface area contributed by atoms with E-state index in [2.05, 4.69) is 10.6 Å². The van der Waals surface area contributed by atoms with Crippen molar-refractivity contribution in [2.45, 2.75) is 6.54 Å². The van der Waals surface area contributed by atoms with Gasteiger partial charge >= 0.3 is 12.1 Å². The summed E-state index contributed by atoms with van der Waals surface area (Å²) in [7, 11) is 0. The maximum absolute atomic E-state index is 11.9. The van der Waals surface area contributed by atoms with E-state index in [1.807, 2.05) is 12.1 Å². The zero-order valence-electron chi connectivity index (χ0n) is 12.8. The summed E-state index contributed by atoms with van der Waals surface area (Å²) in [6.07, 6.45) is -0.351. The van der Waals surface area contributed by atoms with Gasteiger partial charge in [-0.3, -0.25) is 4.90 Å². The maximum Gasteiger partial charge on any atom is 0.414 e. The van der Waals surface area contributed by atoms with E-state index in [0.717, 1.165) is 11.3 Å². The van der Waals surface area contributed by atoms with Gasteiger partial charge in [0.1, 0.15) is 6.61 Å². The zero-order valence-corrected chi connectivity index (χ0v) is 13.5.